The molecule has 20 heavy (non-hydrogen) atoms. The van der Waals surface area contributed by atoms with Crippen LogP contribution >= 0.6 is 0 Å². The first-order valence-corrected chi connectivity index (χ1v) is 7.30. The van der Waals surface area contributed by atoms with Crippen LogP contribution in [0.1, 0.15) is 41.5 Å². The summed E-state index contributed by atoms with van der Waals surface area (Å²) < 4.78 is 10.7. The van der Waals surface area contributed by atoms with Crippen molar-refractivity contribution in [1.82, 2.24) is 5.32 Å². The number of ether oxygens (including phenoxy) is 2. The maximum Gasteiger partial charge on any atom is 0.164 e. The molecule has 5 heteroatoms. The summed E-state index contributed by atoms with van der Waals surface area (Å²) in [5, 5.41) is 3.12. The Bertz CT molecular complexity index is 283. The fraction of sp³-hybridized carbons (Fsp3) is 0.933. The molecule has 0 spiro atoms. The topological polar surface area (TPSA) is 73.6 Å². The lowest BCUT2D eigenvalue weighted by atomic mass is 9.78. The molecule has 0 amide bonds. The third-order valence-corrected chi connectivity index (χ3v) is 3.59. The molecule has 0 aromatic carbocycles. The van der Waals surface area contributed by atoms with E-state index in [2.05, 4.69) is 5.32 Å². The molecule has 0 saturated heterocycles. The van der Waals surface area contributed by atoms with Gasteiger partial charge in [-0.3, -0.25) is 10.1 Å². The Morgan fingerprint density at radius 1 is 1.10 bits per heavy atom. The van der Waals surface area contributed by atoms with Gasteiger partial charge in [0.15, 0.2) is 5.78 Å². The van der Waals surface area contributed by atoms with Gasteiger partial charge < -0.3 is 15.2 Å². The molecule has 0 saturated carbocycles. The van der Waals surface area contributed by atoms with Crippen LogP contribution in [0.2, 0.25) is 0 Å². The second-order valence-electron chi connectivity index (χ2n) is 6.61. The number of Topliss-reactive ketones (excluding diaryl/α,β-unsaturated/α-hetero) is 1. The molecule has 0 aromatic rings. The van der Waals surface area contributed by atoms with Crippen molar-refractivity contribution in [3.8, 4) is 0 Å². The Morgan fingerprint density at radius 2 is 1.65 bits per heavy atom. The molecule has 3 N–H and O–H groups in total. The summed E-state index contributed by atoms with van der Waals surface area (Å²) in [6.45, 7) is 14.2. The highest BCUT2D eigenvalue weighted by molar-refractivity contribution is 5.85. The van der Waals surface area contributed by atoms with E-state index in [9.17, 15) is 4.79 Å². The zero-order chi connectivity index (χ0) is 15.8. The van der Waals surface area contributed by atoms with Crippen molar-refractivity contribution in [2.24, 2.45) is 17.1 Å². The quantitative estimate of drug-likeness (QED) is 0.446. The second-order valence-corrected chi connectivity index (χ2v) is 6.61. The van der Waals surface area contributed by atoms with E-state index in [-0.39, 0.29) is 23.5 Å². The Labute approximate surface area is 123 Å². The first-order valence-electron chi connectivity index (χ1n) is 7.30. The van der Waals surface area contributed by atoms with E-state index < -0.39 is 0 Å². The van der Waals surface area contributed by atoms with Crippen molar-refractivity contribution in [2.75, 3.05) is 33.0 Å². The van der Waals surface area contributed by atoms with Gasteiger partial charge in [0.1, 0.15) is 6.61 Å². The minimum Gasteiger partial charge on any atom is -0.378 e. The monoisotopic (exact) mass is 288 g/mol. The number of hydrogen-bond acceptors (Lipinski definition) is 5. The van der Waals surface area contributed by atoms with Gasteiger partial charge in [-0.2, -0.15) is 0 Å². The number of carbonyl (C=O) groups is 1. The molecular weight excluding hydrogens is 256 g/mol. The SMILES string of the molecule is CC(C)C(C)(C)C(=O)COCCOCCNC(C)(C)N. The van der Waals surface area contributed by atoms with E-state index in [1.807, 2.05) is 41.5 Å². The summed E-state index contributed by atoms with van der Waals surface area (Å²) in [6, 6.07) is 0. The van der Waals surface area contributed by atoms with Gasteiger partial charge in [-0.15, -0.1) is 0 Å². The lowest BCUT2D eigenvalue weighted by molar-refractivity contribution is -0.134. The highest BCUT2D eigenvalue weighted by Gasteiger charge is 2.30. The molecule has 0 aliphatic rings. The molecule has 0 aromatic heterocycles. The van der Waals surface area contributed by atoms with Crippen LogP contribution in [0.4, 0.5) is 0 Å². The second kappa shape index (κ2) is 8.72. The molecule has 0 rings (SSSR count). The number of nitrogens with one attached hydrogen (secondary N) is 1. The zero-order valence-electron chi connectivity index (χ0n) is 13.9. The zero-order valence-corrected chi connectivity index (χ0v) is 13.9. The normalized spacial score (nSPS) is 13.0. The smallest absolute Gasteiger partial charge is 0.164 e. The highest BCUT2D eigenvalue weighted by atomic mass is 16.5. The number of hydrogen-bond donors (Lipinski definition) is 2. The molecule has 0 unspecified atom stereocenters. The summed E-state index contributed by atoms with van der Waals surface area (Å²) in [6.07, 6.45) is 0. The maximum absolute atomic E-state index is 12.0. The number of ketones is 1. The van der Waals surface area contributed by atoms with Gasteiger partial charge >= 0.3 is 0 Å². The van der Waals surface area contributed by atoms with Crippen molar-refractivity contribution < 1.29 is 14.3 Å². The van der Waals surface area contributed by atoms with Crippen molar-refractivity contribution in [3.05, 3.63) is 0 Å². The van der Waals surface area contributed by atoms with Crippen LogP contribution < -0.4 is 11.1 Å². The van der Waals surface area contributed by atoms with Gasteiger partial charge in [0.25, 0.3) is 0 Å². The predicted molar refractivity (Wildman–Crippen MR) is 81.5 cm³/mol. The van der Waals surface area contributed by atoms with E-state index >= 15 is 0 Å². The van der Waals surface area contributed by atoms with Gasteiger partial charge in [0.05, 0.1) is 25.5 Å². The Morgan fingerprint density at radius 3 is 2.15 bits per heavy atom. The summed E-state index contributed by atoms with van der Waals surface area (Å²) in [7, 11) is 0. The predicted octanol–water partition coefficient (Wildman–Crippen LogP) is 1.56. The molecule has 120 valence electrons. The van der Waals surface area contributed by atoms with Gasteiger partial charge in [-0.25, -0.2) is 0 Å². The molecule has 0 aliphatic carbocycles. The molecular formula is C15H32N2O3. The third-order valence-electron chi connectivity index (χ3n) is 3.59. The van der Waals surface area contributed by atoms with Crippen molar-refractivity contribution >= 4 is 5.78 Å². The van der Waals surface area contributed by atoms with Crippen LogP contribution in [-0.4, -0.2) is 44.4 Å². The van der Waals surface area contributed by atoms with Crippen molar-refractivity contribution in [3.63, 3.8) is 0 Å². The van der Waals surface area contributed by atoms with Crippen LogP contribution in [0.3, 0.4) is 0 Å². The maximum atomic E-state index is 12.0. The molecule has 0 bridgehead atoms. The number of rotatable bonds is 11. The lowest BCUT2D eigenvalue weighted by Crippen LogP contribution is -2.49. The Hall–Kier alpha value is -0.490. The molecule has 0 aliphatic heterocycles. The summed E-state index contributed by atoms with van der Waals surface area (Å²) in [5.74, 6) is 0.444. The van der Waals surface area contributed by atoms with E-state index in [1.165, 1.54) is 0 Å². The third kappa shape index (κ3) is 8.64. The summed E-state index contributed by atoms with van der Waals surface area (Å²) in [4.78, 5) is 12.0. The van der Waals surface area contributed by atoms with Crippen molar-refractivity contribution in [2.45, 2.75) is 47.2 Å². The fourth-order valence-electron chi connectivity index (χ4n) is 1.34. The first kappa shape index (κ1) is 19.5. The number of carbonyl (C=O) groups excluding carboxylic acids is 1. The van der Waals surface area contributed by atoms with Crippen LogP contribution in [0.15, 0.2) is 0 Å². The minimum atomic E-state index is -0.380. The van der Waals surface area contributed by atoms with E-state index in [4.69, 9.17) is 15.2 Å². The van der Waals surface area contributed by atoms with E-state index in [1.54, 1.807) is 0 Å². The van der Waals surface area contributed by atoms with Gasteiger partial charge in [-0.1, -0.05) is 27.7 Å². The first-order chi connectivity index (χ1) is 9.07. The molecule has 0 heterocycles. The minimum absolute atomic E-state index is 0.138. The van der Waals surface area contributed by atoms with E-state index in [0.29, 0.717) is 32.3 Å². The van der Waals surface area contributed by atoms with Gasteiger partial charge in [0.2, 0.25) is 0 Å². The van der Waals surface area contributed by atoms with Gasteiger partial charge in [0, 0.05) is 12.0 Å². The Kier molecular flexibility index (Phi) is 8.51. The average Bonchev–Trinajstić information content (AvgIpc) is 2.30. The number of nitrogens with two attached hydrogens (primary N) is 1. The molecule has 0 fully saturated rings. The van der Waals surface area contributed by atoms with Crippen LogP contribution in [0, 0.1) is 11.3 Å². The molecule has 0 radical (unpaired) electrons. The van der Waals surface area contributed by atoms with Crippen LogP contribution in [0.5, 0.6) is 0 Å². The molecule has 5 nitrogen and oxygen atoms in total. The van der Waals surface area contributed by atoms with Crippen molar-refractivity contribution in [1.29, 1.82) is 0 Å². The molecule has 0 atom stereocenters. The standard InChI is InChI=1S/C15H32N2O3/c1-12(2)14(3,4)13(18)11-20-10-9-19-8-7-17-15(5,6)16/h12,17H,7-11,16H2,1-6H3. The van der Waals surface area contributed by atoms with E-state index in [0.717, 1.165) is 0 Å². The summed E-state index contributed by atoms with van der Waals surface area (Å²) in [5.41, 5.74) is 5.05. The highest BCUT2D eigenvalue weighted by Crippen LogP contribution is 2.26. The summed E-state index contributed by atoms with van der Waals surface area (Å²) >= 11 is 0. The lowest BCUT2D eigenvalue weighted by Gasteiger charge is -2.27. The fourth-order valence-corrected chi connectivity index (χ4v) is 1.34. The average molecular weight is 288 g/mol. The van der Waals surface area contributed by atoms with Crippen LogP contribution in [-0.2, 0) is 14.3 Å². The Balaban J connectivity index is 3.57. The van der Waals surface area contributed by atoms with Crippen LogP contribution in [0.25, 0.3) is 0 Å². The largest absolute Gasteiger partial charge is 0.378 e. The van der Waals surface area contributed by atoms with Gasteiger partial charge in [-0.05, 0) is 19.8 Å².